The molecule has 0 saturated heterocycles. The minimum Gasteiger partial charge on any atom is -0.355 e. The first-order chi connectivity index (χ1) is 15.4. The summed E-state index contributed by atoms with van der Waals surface area (Å²) >= 11 is 18.3. The maximum absolute atomic E-state index is 13.6. The minimum absolute atomic E-state index is 0.00126. The van der Waals surface area contributed by atoms with Gasteiger partial charge in [-0.05, 0) is 44.2 Å². The number of likely N-dealkylation sites (N-methyl/N-ethyl adjacent to an activating group) is 1. The van der Waals surface area contributed by atoms with E-state index in [2.05, 4.69) is 5.32 Å². The van der Waals surface area contributed by atoms with E-state index < -0.39 is 40.2 Å². The molecule has 0 heterocycles. The molecule has 12 heteroatoms. The molecule has 0 aliphatic heterocycles. The van der Waals surface area contributed by atoms with Gasteiger partial charge in [0.25, 0.3) is 0 Å². The Hall–Kier alpha value is -2.07. The number of rotatable bonds is 9. The Labute approximate surface area is 207 Å². The Kier molecular flexibility index (Phi) is 9.37. The van der Waals surface area contributed by atoms with Gasteiger partial charge in [0.05, 0.1) is 17.0 Å². The van der Waals surface area contributed by atoms with E-state index in [1.165, 1.54) is 17.9 Å². The highest BCUT2D eigenvalue weighted by atomic mass is 35.5. The van der Waals surface area contributed by atoms with Crippen LogP contribution < -0.4 is 9.62 Å². The molecule has 0 saturated carbocycles. The molecule has 0 spiro atoms. The van der Waals surface area contributed by atoms with E-state index in [1.807, 2.05) is 0 Å². The van der Waals surface area contributed by atoms with Crippen molar-refractivity contribution in [2.75, 3.05) is 23.7 Å². The molecule has 33 heavy (non-hydrogen) atoms. The summed E-state index contributed by atoms with van der Waals surface area (Å²) in [5.74, 6) is -1.87. The third kappa shape index (κ3) is 6.96. The summed E-state index contributed by atoms with van der Waals surface area (Å²) in [7, 11) is -3.97. The van der Waals surface area contributed by atoms with E-state index in [0.29, 0.717) is 12.1 Å². The predicted molar refractivity (Wildman–Crippen MR) is 129 cm³/mol. The normalized spacial score (nSPS) is 12.2. The number of halogens is 4. The van der Waals surface area contributed by atoms with E-state index in [1.54, 1.807) is 25.1 Å². The van der Waals surface area contributed by atoms with Crippen LogP contribution in [0.3, 0.4) is 0 Å². The van der Waals surface area contributed by atoms with Gasteiger partial charge in [-0.2, -0.15) is 0 Å². The summed E-state index contributed by atoms with van der Waals surface area (Å²) < 4.78 is 39.3. The second-order valence-electron chi connectivity index (χ2n) is 7.16. The number of amides is 2. The van der Waals surface area contributed by atoms with Crippen molar-refractivity contribution in [1.29, 1.82) is 0 Å². The van der Waals surface area contributed by atoms with Crippen LogP contribution in [0, 0.1) is 5.82 Å². The maximum atomic E-state index is 13.6. The van der Waals surface area contributed by atoms with Crippen molar-refractivity contribution in [3.05, 3.63) is 62.8 Å². The standard InChI is InChI=1S/C21H23Cl3FN3O4S/c1-4-26-21(30)13(2)27(11-15-16(22)6-5-7-17(15)23)20(29)12-28(33(3,31)32)14-8-9-19(25)18(24)10-14/h5-10,13H,4,11-12H2,1-3H3,(H,26,30). The van der Waals surface area contributed by atoms with Crippen molar-refractivity contribution in [3.63, 3.8) is 0 Å². The first kappa shape index (κ1) is 27.2. The molecule has 180 valence electrons. The topological polar surface area (TPSA) is 86.8 Å². The van der Waals surface area contributed by atoms with Crippen molar-refractivity contribution < 1.29 is 22.4 Å². The van der Waals surface area contributed by atoms with Crippen LogP contribution in [0.5, 0.6) is 0 Å². The van der Waals surface area contributed by atoms with Gasteiger partial charge in [-0.15, -0.1) is 0 Å². The van der Waals surface area contributed by atoms with Gasteiger partial charge in [-0.3, -0.25) is 13.9 Å². The smallest absolute Gasteiger partial charge is 0.244 e. The summed E-state index contributed by atoms with van der Waals surface area (Å²) in [4.78, 5) is 27.1. The molecule has 0 aromatic heterocycles. The van der Waals surface area contributed by atoms with E-state index in [-0.39, 0.29) is 27.3 Å². The van der Waals surface area contributed by atoms with Gasteiger partial charge in [0.2, 0.25) is 21.8 Å². The van der Waals surface area contributed by atoms with Gasteiger partial charge in [0.1, 0.15) is 18.4 Å². The molecule has 2 aromatic rings. The number of nitrogens with one attached hydrogen (secondary N) is 1. The monoisotopic (exact) mass is 537 g/mol. The van der Waals surface area contributed by atoms with Gasteiger partial charge in [0, 0.05) is 28.7 Å². The zero-order valence-corrected chi connectivity index (χ0v) is 21.2. The number of carbonyl (C=O) groups is 2. The van der Waals surface area contributed by atoms with Crippen molar-refractivity contribution >= 4 is 62.3 Å². The molecule has 0 fully saturated rings. The van der Waals surface area contributed by atoms with Crippen LogP contribution in [0.25, 0.3) is 0 Å². The fraction of sp³-hybridized carbons (Fsp3) is 0.333. The number of hydrogen-bond acceptors (Lipinski definition) is 4. The molecule has 1 unspecified atom stereocenters. The van der Waals surface area contributed by atoms with Gasteiger partial charge >= 0.3 is 0 Å². The van der Waals surface area contributed by atoms with E-state index in [0.717, 1.165) is 22.7 Å². The van der Waals surface area contributed by atoms with Crippen LogP contribution in [0.1, 0.15) is 19.4 Å². The van der Waals surface area contributed by atoms with Gasteiger partial charge in [-0.1, -0.05) is 40.9 Å². The lowest BCUT2D eigenvalue weighted by Gasteiger charge is -2.31. The summed E-state index contributed by atoms with van der Waals surface area (Å²) in [6.45, 7) is 2.77. The quantitative estimate of drug-likeness (QED) is 0.521. The van der Waals surface area contributed by atoms with Crippen LogP contribution in [0.4, 0.5) is 10.1 Å². The summed E-state index contributed by atoms with van der Waals surface area (Å²) in [5, 5.41) is 2.90. The van der Waals surface area contributed by atoms with Crippen molar-refractivity contribution in [2.24, 2.45) is 0 Å². The highest BCUT2D eigenvalue weighted by molar-refractivity contribution is 7.92. The first-order valence-electron chi connectivity index (χ1n) is 9.79. The Balaban J connectivity index is 2.46. The molecule has 2 aromatic carbocycles. The first-order valence-corrected chi connectivity index (χ1v) is 12.8. The Bertz CT molecular complexity index is 1130. The molecule has 0 aliphatic rings. The molecule has 0 aliphatic carbocycles. The van der Waals surface area contributed by atoms with Gasteiger partial charge in [-0.25, -0.2) is 12.8 Å². The minimum atomic E-state index is -3.97. The lowest BCUT2D eigenvalue weighted by atomic mass is 10.1. The Morgan fingerprint density at radius 1 is 1.09 bits per heavy atom. The number of carbonyl (C=O) groups excluding carboxylic acids is 2. The van der Waals surface area contributed by atoms with Crippen LogP contribution in [0.15, 0.2) is 36.4 Å². The molecular weight excluding hydrogens is 516 g/mol. The lowest BCUT2D eigenvalue weighted by Crippen LogP contribution is -2.51. The van der Waals surface area contributed by atoms with E-state index in [9.17, 15) is 22.4 Å². The average Bonchev–Trinajstić information content (AvgIpc) is 2.72. The average molecular weight is 539 g/mol. The second kappa shape index (κ2) is 11.4. The highest BCUT2D eigenvalue weighted by Crippen LogP contribution is 2.28. The number of benzene rings is 2. The maximum Gasteiger partial charge on any atom is 0.244 e. The van der Waals surface area contributed by atoms with Gasteiger partial charge < -0.3 is 10.2 Å². The van der Waals surface area contributed by atoms with Gasteiger partial charge in [0.15, 0.2) is 0 Å². The summed E-state index contributed by atoms with van der Waals surface area (Å²) in [6, 6.07) is 7.14. The van der Waals surface area contributed by atoms with E-state index in [4.69, 9.17) is 34.8 Å². The number of sulfonamides is 1. The summed E-state index contributed by atoms with van der Waals surface area (Å²) in [6.07, 6.45) is 0.903. The zero-order valence-electron chi connectivity index (χ0n) is 18.1. The third-order valence-corrected chi connectivity index (χ3v) is 6.92. The molecule has 2 rings (SSSR count). The van der Waals surface area contributed by atoms with Crippen molar-refractivity contribution in [2.45, 2.75) is 26.4 Å². The largest absolute Gasteiger partial charge is 0.355 e. The third-order valence-electron chi connectivity index (χ3n) is 4.78. The SMILES string of the molecule is CCNC(=O)C(C)N(Cc1c(Cl)cccc1Cl)C(=O)CN(c1ccc(F)c(Cl)c1)S(C)(=O)=O. The Morgan fingerprint density at radius 2 is 1.70 bits per heavy atom. The van der Waals surface area contributed by atoms with Crippen molar-refractivity contribution in [3.8, 4) is 0 Å². The number of nitrogens with zero attached hydrogens (tertiary/aromatic N) is 2. The molecular formula is C21H23Cl3FN3O4S. The molecule has 0 bridgehead atoms. The second-order valence-corrected chi connectivity index (χ2v) is 10.3. The van der Waals surface area contributed by atoms with Crippen LogP contribution in [-0.2, 0) is 26.2 Å². The van der Waals surface area contributed by atoms with Crippen molar-refractivity contribution in [1.82, 2.24) is 10.2 Å². The fourth-order valence-corrected chi connectivity index (χ4v) is 4.55. The lowest BCUT2D eigenvalue weighted by molar-refractivity contribution is -0.139. The Morgan fingerprint density at radius 3 is 2.21 bits per heavy atom. The predicted octanol–water partition coefficient (Wildman–Crippen LogP) is 4.11. The van der Waals surface area contributed by atoms with E-state index >= 15 is 0 Å². The molecule has 1 atom stereocenters. The highest BCUT2D eigenvalue weighted by Gasteiger charge is 2.31. The van der Waals surface area contributed by atoms with Crippen LogP contribution in [0.2, 0.25) is 15.1 Å². The number of hydrogen-bond donors (Lipinski definition) is 1. The zero-order chi connectivity index (χ0) is 24.9. The summed E-state index contributed by atoms with van der Waals surface area (Å²) in [5.41, 5.74) is 0.403. The molecule has 7 nitrogen and oxygen atoms in total. The van der Waals surface area contributed by atoms with Crippen LogP contribution >= 0.6 is 34.8 Å². The van der Waals surface area contributed by atoms with Crippen LogP contribution in [-0.4, -0.2) is 50.5 Å². The molecule has 0 radical (unpaired) electrons. The molecule has 2 amide bonds. The fourth-order valence-electron chi connectivity index (χ4n) is 3.01. The molecule has 1 N–H and O–H groups in total. The number of anilines is 1.